The maximum Gasteiger partial charge on any atom is 0.339 e. The van der Waals surface area contributed by atoms with E-state index in [-0.39, 0.29) is 29.3 Å². The number of benzene rings is 1. The Bertz CT molecular complexity index is 488. The molecule has 2 N–H and O–H groups in total. The summed E-state index contributed by atoms with van der Waals surface area (Å²) in [4.78, 5) is 11.4. The van der Waals surface area contributed by atoms with Gasteiger partial charge in [-0.25, -0.2) is 15.7 Å². The van der Waals surface area contributed by atoms with Gasteiger partial charge < -0.3 is 10.5 Å². The molecule has 98 valence electrons. The molecule has 1 aromatic carbocycles. The van der Waals surface area contributed by atoms with Crippen LogP contribution >= 0.6 is 23.3 Å². The van der Waals surface area contributed by atoms with Crippen molar-refractivity contribution in [3.8, 4) is 0 Å². The minimum absolute atomic E-state index is 0. The number of hydrogen-bond acceptors (Lipinski definition) is 3. The van der Waals surface area contributed by atoms with Crippen molar-refractivity contribution in [2.24, 2.45) is 0 Å². The molecule has 0 aromatic heterocycles. The molecule has 18 heavy (non-hydrogen) atoms. The molecule has 1 aliphatic heterocycles. The summed E-state index contributed by atoms with van der Waals surface area (Å²) >= 11 is 0. The van der Waals surface area contributed by atoms with Gasteiger partial charge in [-0.15, -0.1) is 12.4 Å². The minimum Gasteiger partial charge on any atom is -0.465 e. The van der Waals surface area contributed by atoms with Gasteiger partial charge in [-0.3, -0.25) is 0 Å². The lowest BCUT2D eigenvalue weighted by Gasteiger charge is -2.11. The summed E-state index contributed by atoms with van der Waals surface area (Å²) in [7, 11) is 1.16. The van der Waals surface area contributed by atoms with Gasteiger partial charge in [0.1, 0.15) is 0 Å². The van der Waals surface area contributed by atoms with Crippen molar-refractivity contribution in [3.05, 3.63) is 52.3 Å². The van der Waals surface area contributed by atoms with Crippen molar-refractivity contribution in [2.75, 3.05) is 12.8 Å². The van der Waals surface area contributed by atoms with Crippen LogP contribution in [-0.2, 0) is 10.5 Å². The molecule has 0 atom stereocenters. The molecule has 0 bridgehead atoms. The third-order valence-corrected chi connectivity index (χ3v) is 4.39. The van der Waals surface area contributed by atoms with Crippen molar-refractivity contribution >= 4 is 35.0 Å². The van der Waals surface area contributed by atoms with E-state index >= 15 is 0 Å². The van der Waals surface area contributed by atoms with E-state index in [0.717, 1.165) is 11.3 Å². The largest absolute Gasteiger partial charge is 0.465 e. The molecule has 0 spiro atoms. The first-order valence-corrected chi connectivity index (χ1v) is 6.94. The first-order valence-electron chi connectivity index (χ1n) is 5.28. The number of ether oxygens (including phenoxy) is 1. The van der Waals surface area contributed by atoms with Gasteiger partial charge in [0.25, 0.3) is 0 Å². The van der Waals surface area contributed by atoms with E-state index in [1.165, 1.54) is 7.11 Å². The van der Waals surface area contributed by atoms with Gasteiger partial charge in [-0.05, 0) is 28.5 Å². The second-order valence-electron chi connectivity index (χ2n) is 3.77. The number of anilines is 1. The van der Waals surface area contributed by atoms with E-state index in [0.29, 0.717) is 11.3 Å². The van der Waals surface area contributed by atoms with Crippen LogP contribution in [0.5, 0.6) is 0 Å². The molecule has 0 aliphatic carbocycles. The summed E-state index contributed by atoms with van der Waals surface area (Å²) in [5, 5.41) is 4.42. The smallest absolute Gasteiger partial charge is 0.339 e. The van der Waals surface area contributed by atoms with Crippen molar-refractivity contribution in [1.82, 2.24) is 0 Å². The third kappa shape index (κ3) is 3.31. The van der Waals surface area contributed by atoms with E-state index in [9.17, 15) is 4.79 Å². The van der Waals surface area contributed by atoms with Crippen LogP contribution in [0, 0.1) is 0 Å². The van der Waals surface area contributed by atoms with Gasteiger partial charge in [-0.2, -0.15) is 0 Å². The zero-order valence-corrected chi connectivity index (χ0v) is 11.7. The van der Waals surface area contributed by atoms with Crippen LogP contribution in [0.1, 0.15) is 15.9 Å². The number of allylic oxidation sites excluding steroid dienone is 2. The zero-order chi connectivity index (χ0) is 12.3. The SMILES string of the molecule is COC(=O)c1ccc(C[SH]2C=CC=C2)cc1N.Cl. The molecule has 0 fully saturated rings. The molecule has 0 saturated carbocycles. The highest BCUT2D eigenvalue weighted by atomic mass is 35.5. The first-order chi connectivity index (χ1) is 8.20. The molecule has 3 nitrogen and oxygen atoms in total. The van der Waals surface area contributed by atoms with Crippen LogP contribution in [0.25, 0.3) is 0 Å². The monoisotopic (exact) mass is 285 g/mol. The Balaban J connectivity index is 0.00000162. The van der Waals surface area contributed by atoms with Crippen LogP contribution in [0.4, 0.5) is 5.69 Å². The lowest BCUT2D eigenvalue weighted by molar-refractivity contribution is 0.0602. The van der Waals surface area contributed by atoms with Crippen molar-refractivity contribution in [1.29, 1.82) is 0 Å². The second-order valence-corrected chi connectivity index (χ2v) is 5.71. The average molecular weight is 286 g/mol. The Labute approximate surface area is 115 Å². The highest BCUT2D eigenvalue weighted by Gasteiger charge is 2.10. The Kier molecular flexibility index (Phi) is 5.31. The molecule has 1 heterocycles. The number of carbonyl (C=O) groups excluding carboxylic acids is 1. The standard InChI is InChI=1S/C13H15NO2S.ClH/c1-16-13(15)11-5-4-10(8-12(11)14)9-17-6-2-3-7-17;/h2-8,17H,9,14H2,1H3;1H. The molecule has 0 unspecified atom stereocenters. The summed E-state index contributed by atoms with van der Waals surface area (Å²) in [6, 6.07) is 5.52. The fourth-order valence-electron chi connectivity index (χ4n) is 1.69. The molecule has 0 saturated heterocycles. The lowest BCUT2D eigenvalue weighted by Crippen LogP contribution is -2.05. The summed E-state index contributed by atoms with van der Waals surface area (Å²) in [6.07, 6.45) is 4.13. The second kappa shape index (κ2) is 6.52. The molecule has 0 amide bonds. The van der Waals surface area contributed by atoms with E-state index in [4.69, 9.17) is 5.73 Å². The predicted octanol–water partition coefficient (Wildman–Crippen LogP) is 3.02. The lowest BCUT2D eigenvalue weighted by atomic mass is 10.1. The fraction of sp³-hybridized carbons (Fsp3) is 0.154. The van der Waals surface area contributed by atoms with E-state index < -0.39 is 0 Å². The van der Waals surface area contributed by atoms with Gasteiger partial charge in [0.15, 0.2) is 0 Å². The number of hydrogen-bond donors (Lipinski definition) is 2. The Hall–Kier alpha value is -1.39. The number of carbonyl (C=O) groups is 1. The molecular weight excluding hydrogens is 270 g/mol. The van der Waals surface area contributed by atoms with Crippen molar-refractivity contribution in [2.45, 2.75) is 5.75 Å². The van der Waals surface area contributed by atoms with Crippen molar-refractivity contribution < 1.29 is 9.53 Å². The average Bonchev–Trinajstić information content (AvgIpc) is 2.81. The van der Waals surface area contributed by atoms with Gasteiger partial charge in [0, 0.05) is 11.4 Å². The van der Waals surface area contributed by atoms with Crippen molar-refractivity contribution in [3.63, 3.8) is 0 Å². The Morgan fingerprint density at radius 2 is 2.00 bits per heavy atom. The summed E-state index contributed by atoms with van der Waals surface area (Å²) in [6.45, 7) is 0. The number of halogens is 1. The van der Waals surface area contributed by atoms with Crippen LogP contribution in [-0.4, -0.2) is 13.1 Å². The minimum atomic E-state index is -0.388. The normalized spacial score (nSPS) is 14.4. The van der Waals surface area contributed by atoms with Gasteiger partial charge >= 0.3 is 5.97 Å². The number of nitrogen functional groups attached to an aromatic ring is 1. The maximum atomic E-state index is 11.4. The number of esters is 1. The number of methoxy groups -OCH3 is 1. The van der Waals surface area contributed by atoms with Gasteiger partial charge in [0.05, 0.1) is 12.7 Å². The van der Waals surface area contributed by atoms with Crippen LogP contribution < -0.4 is 5.73 Å². The molecule has 5 heteroatoms. The molecule has 1 aromatic rings. The summed E-state index contributed by atoms with van der Waals surface area (Å²) < 4.78 is 4.65. The quantitative estimate of drug-likeness (QED) is 0.510. The highest BCUT2D eigenvalue weighted by molar-refractivity contribution is 8.21. The maximum absolute atomic E-state index is 11.4. The van der Waals surface area contributed by atoms with Crippen LogP contribution in [0.2, 0.25) is 0 Å². The summed E-state index contributed by atoms with van der Waals surface area (Å²) in [5.74, 6) is 0.578. The van der Waals surface area contributed by atoms with Crippen LogP contribution in [0.3, 0.4) is 0 Å². The van der Waals surface area contributed by atoms with E-state index in [2.05, 4.69) is 27.7 Å². The van der Waals surface area contributed by atoms with E-state index in [1.807, 2.05) is 12.1 Å². The topological polar surface area (TPSA) is 52.3 Å². The zero-order valence-electron chi connectivity index (χ0n) is 10.00. The molecule has 2 rings (SSSR count). The van der Waals surface area contributed by atoms with Gasteiger partial charge in [0.2, 0.25) is 0 Å². The summed E-state index contributed by atoms with van der Waals surface area (Å²) in [5.41, 5.74) is 7.91. The molecular formula is C13H16ClNO2S. The number of rotatable bonds is 3. The third-order valence-electron chi connectivity index (χ3n) is 2.55. The number of nitrogens with two attached hydrogens (primary N) is 1. The Morgan fingerprint density at radius 3 is 2.56 bits per heavy atom. The van der Waals surface area contributed by atoms with Gasteiger partial charge in [-0.1, -0.05) is 18.2 Å². The number of thiol groups is 1. The molecule has 1 aliphatic rings. The van der Waals surface area contributed by atoms with E-state index in [1.54, 1.807) is 6.07 Å². The van der Waals surface area contributed by atoms with Crippen LogP contribution in [0.15, 0.2) is 41.2 Å². The fourth-order valence-corrected chi connectivity index (χ4v) is 3.26. The predicted molar refractivity (Wildman–Crippen MR) is 80.4 cm³/mol. The Morgan fingerprint density at radius 1 is 1.33 bits per heavy atom. The molecule has 0 radical (unpaired) electrons. The highest BCUT2D eigenvalue weighted by Crippen LogP contribution is 2.37. The first kappa shape index (κ1) is 14.7.